The lowest BCUT2D eigenvalue weighted by molar-refractivity contribution is 0.159. The van der Waals surface area contributed by atoms with Gasteiger partial charge in [0.2, 0.25) is 0 Å². The fourth-order valence-electron chi connectivity index (χ4n) is 6.09. The molecule has 0 radical (unpaired) electrons. The van der Waals surface area contributed by atoms with E-state index in [9.17, 15) is 5.11 Å². The average molecular weight is 447 g/mol. The first kappa shape index (κ1) is 23.1. The van der Waals surface area contributed by atoms with Gasteiger partial charge in [-0.1, -0.05) is 78.4 Å². The summed E-state index contributed by atoms with van der Waals surface area (Å²) in [5, 5.41) is 12.6. The van der Waals surface area contributed by atoms with E-state index in [1.54, 1.807) is 12.3 Å². The first-order chi connectivity index (χ1) is 15.2. The Morgan fingerprint density at radius 1 is 1.00 bits per heavy atom. The Bertz CT molecular complexity index is 1030. The molecule has 2 aromatic rings. The standard InChI is InChI=1S/C29H38O2Si/c1-21-26(15-14-22-12-9-13-25(16-22)31-2)27-17-24(30)19-29(27,20-28(21)32(3,4)5)18-23-10-7-6-8-11-23/h6-13,16,24,30H,14-15,17-20H2,1-5H3/t24-,29+/m0/s1. The topological polar surface area (TPSA) is 29.5 Å². The van der Waals surface area contributed by atoms with Crippen LogP contribution in [-0.2, 0) is 12.8 Å². The molecule has 4 rings (SSSR count). The molecule has 0 bridgehead atoms. The van der Waals surface area contributed by atoms with Crippen molar-refractivity contribution >= 4 is 8.07 Å². The second-order valence-corrected chi connectivity index (χ2v) is 15.9. The number of methoxy groups -OCH3 is 1. The number of benzene rings is 2. The van der Waals surface area contributed by atoms with E-state index in [4.69, 9.17) is 4.74 Å². The van der Waals surface area contributed by atoms with Gasteiger partial charge >= 0.3 is 0 Å². The van der Waals surface area contributed by atoms with Gasteiger partial charge in [0.1, 0.15) is 5.75 Å². The van der Waals surface area contributed by atoms with Crippen LogP contribution in [0.2, 0.25) is 19.6 Å². The Hall–Kier alpha value is -2.10. The van der Waals surface area contributed by atoms with Crippen molar-refractivity contribution in [3.05, 3.63) is 87.6 Å². The Morgan fingerprint density at radius 3 is 2.41 bits per heavy atom. The summed E-state index contributed by atoms with van der Waals surface area (Å²) >= 11 is 0. The summed E-state index contributed by atoms with van der Waals surface area (Å²) in [5.74, 6) is 0.925. The molecule has 0 heterocycles. The zero-order valence-corrected chi connectivity index (χ0v) is 21.4. The van der Waals surface area contributed by atoms with Crippen LogP contribution in [0.1, 0.15) is 43.7 Å². The highest BCUT2D eigenvalue weighted by atomic mass is 28.3. The molecule has 2 atom stereocenters. The molecule has 1 saturated carbocycles. The molecule has 2 nitrogen and oxygen atoms in total. The van der Waals surface area contributed by atoms with Gasteiger partial charge in [0.05, 0.1) is 21.3 Å². The van der Waals surface area contributed by atoms with Crippen molar-refractivity contribution < 1.29 is 9.84 Å². The van der Waals surface area contributed by atoms with E-state index in [0.717, 1.165) is 44.3 Å². The quantitative estimate of drug-likeness (QED) is 0.468. The van der Waals surface area contributed by atoms with Crippen molar-refractivity contribution in [2.75, 3.05) is 7.11 Å². The van der Waals surface area contributed by atoms with E-state index < -0.39 is 8.07 Å². The van der Waals surface area contributed by atoms with Crippen LogP contribution < -0.4 is 4.74 Å². The SMILES string of the molecule is COc1cccc(CCC2=C3C[C@H](O)C[C@]3(Cc3ccccc3)CC([Si](C)(C)C)=C2C)c1. The van der Waals surface area contributed by atoms with E-state index in [-0.39, 0.29) is 11.5 Å². The predicted octanol–water partition coefficient (Wildman–Crippen LogP) is 6.91. The van der Waals surface area contributed by atoms with Crippen LogP contribution in [0, 0.1) is 5.41 Å². The molecule has 2 aliphatic rings. The lowest BCUT2D eigenvalue weighted by Crippen LogP contribution is -2.36. The molecule has 32 heavy (non-hydrogen) atoms. The number of aliphatic hydroxyl groups excluding tert-OH is 1. The second-order valence-electron chi connectivity index (χ2n) is 10.8. The van der Waals surface area contributed by atoms with Gasteiger partial charge in [-0.05, 0) is 74.3 Å². The lowest BCUT2D eigenvalue weighted by atomic mass is 9.68. The van der Waals surface area contributed by atoms with Gasteiger partial charge in [0.25, 0.3) is 0 Å². The molecular formula is C29H38O2Si. The second kappa shape index (κ2) is 9.03. The summed E-state index contributed by atoms with van der Waals surface area (Å²) in [5.41, 5.74) is 7.37. The fraction of sp³-hybridized carbons (Fsp3) is 0.448. The summed E-state index contributed by atoms with van der Waals surface area (Å²) < 4.78 is 5.45. The number of allylic oxidation sites excluding steroid dienone is 3. The van der Waals surface area contributed by atoms with Crippen LogP contribution in [0.3, 0.4) is 0 Å². The largest absolute Gasteiger partial charge is 0.497 e. The molecule has 0 aliphatic heterocycles. The lowest BCUT2D eigenvalue weighted by Gasteiger charge is -2.42. The number of aliphatic hydroxyl groups is 1. The molecule has 2 aliphatic carbocycles. The number of hydrogen-bond acceptors (Lipinski definition) is 2. The van der Waals surface area contributed by atoms with Crippen LogP contribution in [0.25, 0.3) is 0 Å². The van der Waals surface area contributed by atoms with Crippen LogP contribution in [-0.4, -0.2) is 26.4 Å². The van der Waals surface area contributed by atoms with Gasteiger partial charge < -0.3 is 9.84 Å². The van der Waals surface area contributed by atoms with Gasteiger partial charge in [-0.15, -0.1) is 0 Å². The molecule has 3 heteroatoms. The van der Waals surface area contributed by atoms with Crippen molar-refractivity contribution in [1.82, 2.24) is 0 Å². The van der Waals surface area contributed by atoms with Crippen molar-refractivity contribution in [2.45, 2.75) is 71.2 Å². The monoisotopic (exact) mass is 446 g/mol. The van der Waals surface area contributed by atoms with Crippen molar-refractivity contribution in [3.63, 3.8) is 0 Å². The summed E-state index contributed by atoms with van der Waals surface area (Å²) in [4.78, 5) is 0. The van der Waals surface area contributed by atoms with E-state index in [2.05, 4.69) is 75.1 Å². The highest BCUT2D eigenvalue weighted by Crippen LogP contribution is 2.56. The van der Waals surface area contributed by atoms with Gasteiger partial charge in [-0.2, -0.15) is 0 Å². The third kappa shape index (κ3) is 4.65. The van der Waals surface area contributed by atoms with Crippen molar-refractivity contribution in [2.24, 2.45) is 5.41 Å². The maximum atomic E-state index is 10.9. The highest BCUT2D eigenvalue weighted by molar-refractivity contribution is 6.83. The third-order valence-electron chi connectivity index (χ3n) is 7.58. The summed E-state index contributed by atoms with van der Waals surface area (Å²) in [6.07, 6.45) is 5.69. The summed E-state index contributed by atoms with van der Waals surface area (Å²) in [6.45, 7) is 9.81. The normalized spacial score (nSPS) is 23.5. The molecule has 1 N–H and O–H groups in total. The summed E-state index contributed by atoms with van der Waals surface area (Å²) in [6, 6.07) is 19.4. The van der Waals surface area contributed by atoms with Crippen molar-refractivity contribution in [3.8, 4) is 5.75 Å². The number of fused-ring (bicyclic) bond motifs is 1. The first-order valence-corrected chi connectivity index (χ1v) is 15.5. The zero-order chi connectivity index (χ0) is 22.9. The zero-order valence-electron chi connectivity index (χ0n) is 20.4. The minimum absolute atomic E-state index is 0.0691. The van der Waals surface area contributed by atoms with Gasteiger partial charge in [-0.3, -0.25) is 0 Å². The molecule has 0 unspecified atom stereocenters. The van der Waals surface area contributed by atoms with Crippen LogP contribution in [0.5, 0.6) is 5.75 Å². The predicted molar refractivity (Wildman–Crippen MR) is 137 cm³/mol. The van der Waals surface area contributed by atoms with Gasteiger partial charge in [-0.25, -0.2) is 0 Å². The van der Waals surface area contributed by atoms with E-state index in [1.807, 2.05) is 6.07 Å². The minimum Gasteiger partial charge on any atom is -0.497 e. The molecule has 170 valence electrons. The molecule has 0 amide bonds. The average Bonchev–Trinajstić information content (AvgIpc) is 3.08. The van der Waals surface area contributed by atoms with Crippen molar-refractivity contribution in [1.29, 1.82) is 0 Å². The number of aryl methyl sites for hydroxylation is 1. The number of hydrogen-bond donors (Lipinski definition) is 1. The van der Waals surface area contributed by atoms with Gasteiger partial charge in [0.15, 0.2) is 0 Å². The van der Waals surface area contributed by atoms with E-state index in [0.29, 0.717) is 0 Å². The fourth-order valence-corrected chi connectivity index (χ4v) is 8.24. The Balaban J connectivity index is 1.75. The Morgan fingerprint density at radius 2 is 1.72 bits per heavy atom. The molecule has 1 fully saturated rings. The minimum atomic E-state index is -1.49. The Kier molecular flexibility index (Phi) is 6.51. The maximum absolute atomic E-state index is 10.9. The highest BCUT2D eigenvalue weighted by Gasteiger charge is 2.48. The van der Waals surface area contributed by atoms with Crippen LogP contribution in [0.15, 0.2) is 76.5 Å². The van der Waals surface area contributed by atoms with E-state index in [1.165, 1.54) is 27.8 Å². The first-order valence-electron chi connectivity index (χ1n) is 12.0. The third-order valence-corrected chi connectivity index (χ3v) is 9.94. The van der Waals surface area contributed by atoms with Gasteiger partial charge in [0, 0.05) is 5.41 Å². The molecule has 0 saturated heterocycles. The Labute approximate surface area is 195 Å². The smallest absolute Gasteiger partial charge is 0.119 e. The number of rotatable bonds is 7. The van der Waals surface area contributed by atoms with Crippen LogP contribution >= 0.6 is 0 Å². The molecule has 0 spiro atoms. The summed E-state index contributed by atoms with van der Waals surface area (Å²) in [7, 11) is 0.245. The number of ether oxygens (including phenoxy) is 1. The molecule has 0 aromatic heterocycles. The molecule has 2 aromatic carbocycles. The molecular weight excluding hydrogens is 408 g/mol. The van der Waals surface area contributed by atoms with Crippen LogP contribution in [0.4, 0.5) is 0 Å². The maximum Gasteiger partial charge on any atom is 0.119 e. The van der Waals surface area contributed by atoms with E-state index >= 15 is 0 Å².